The Bertz CT molecular complexity index is 407. The molecule has 0 spiro atoms. The molecule has 0 aliphatic carbocycles. The number of esters is 1. The van der Waals surface area contributed by atoms with E-state index in [1.807, 2.05) is 0 Å². The number of nitrogens with one attached hydrogen (secondary N) is 3. The van der Waals surface area contributed by atoms with Crippen LogP contribution in [0.4, 0.5) is 4.79 Å². The van der Waals surface area contributed by atoms with Crippen molar-refractivity contribution in [2.24, 2.45) is 5.41 Å². The molecule has 0 unspecified atom stereocenters. The number of ether oxygens (including phenoxy) is 1. The van der Waals surface area contributed by atoms with Gasteiger partial charge >= 0.3 is 12.0 Å². The Morgan fingerprint density at radius 1 is 1.19 bits per heavy atom. The fourth-order valence-electron chi connectivity index (χ4n) is 2.01. The average Bonchev–Trinajstić information content (AvgIpc) is 2.37. The van der Waals surface area contributed by atoms with E-state index in [0.29, 0.717) is 6.61 Å². The van der Waals surface area contributed by atoms with Crippen molar-refractivity contribution in [2.45, 2.75) is 26.7 Å². The van der Waals surface area contributed by atoms with Gasteiger partial charge in [-0.2, -0.15) is 0 Å². The highest BCUT2D eigenvalue weighted by Gasteiger charge is 2.48. The Labute approximate surface area is 128 Å². The van der Waals surface area contributed by atoms with Gasteiger partial charge in [0.25, 0.3) is 0 Å². The fraction of sp³-hybridized carbons (Fsp3) is 0.667. The number of carbonyl (C=O) groups excluding carboxylic acids is 4. The maximum atomic E-state index is 11.9. The van der Waals surface area contributed by atoms with Crippen LogP contribution in [0.25, 0.3) is 0 Å². The smallest absolute Gasteiger partial charge is 0.328 e. The lowest BCUT2D eigenvalue weighted by Crippen LogP contribution is -2.62. The van der Waals surface area contributed by atoms with Crippen LogP contribution in [-0.2, 0) is 19.1 Å². The van der Waals surface area contributed by atoms with Crippen molar-refractivity contribution in [1.82, 2.24) is 16.0 Å². The van der Waals surface area contributed by atoms with Gasteiger partial charge in [-0.15, -0.1) is 12.4 Å². The van der Waals surface area contributed by atoms with Gasteiger partial charge in [0.2, 0.25) is 11.8 Å². The third kappa shape index (κ3) is 4.68. The van der Waals surface area contributed by atoms with Gasteiger partial charge in [0.1, 0.15) is 5.41 Å². The van der Waals surface area contributed by atoms with Crippen LogP contribution in [0.15, 0.2) is 0 Å². The summed E-state index contributed by atoms with van der Waals surface area (Å²) in [6.07, 6.45) is 0.451. The van der Waals surface area contributed by atoms with Crippen molar-refractivity contribution < 1.29 is 23.9 Å². The molecule has 1 heterocycles. The van der Waals surface area contributed by atoms with Crippen molar-refractivity contribution in [3.05, 3.63) is 0 Å². The molecule has 1 aliphatic rings. The third-order valence-corrected chi connectivity index (χ3v) is 3.23. The molecule has 0 bridgehead atoms. The van der Waals surface area contributed by atoms with Crippen LogP contribution in [-0.4, -0.2) is 43.5 Å². The Hall–Kier alpha value is -1.67. The normalized spacial score (nSPS) is 16.6. The van der Waals surface area contributed by atoms with Gasteiger partial charge in [-0.3, -0.25) is 25.0 Å². The minimum atomic E-state index is -1.28. The monoisotopic (exact) mass is 321 g/mol. The SMILES string of the molecule is CCOC(=O)CNCCC1(CC)C(=O)NC(=O)NC1=O.Cl. The molecule has 0 radical (unpaired) electrons. The van der Waals surface area contributed by atoms with E-state index >= 15 is 0 Å². The van der Waals surface area contributed by atoms with E-state index in [2.05, 4.69) is 16.0 Å². The number of carbonyl (C=O) groups is 4. The average molecular weight is 322 g/mol. The van der Waals surface area contributed by atoms with E-state index in [0.717, 1.165) is 0 Å². The second-order valence-corrected chi connectivity index (χ2v) is 4.40. The highest BCUT2D eigenvalue weighted by Crippen LogP contribution is 2.28. The van der Waals surface area contributed by atoms with Gasteiger partial charge in [-0.1, -0.05) is 6.92 Å². The first-order valence-electron chi connectivity index (χ1n) is 6.49. The summed E-state index contributed by atoms with van der Waals surface area (Å²) in [6.45, 7) is 3.99. The summed E-state index contributed by atoms with van der Waals surface area (Å²) in [7, 11) is 0. The van der Waals surface area contributed by atoms with Gasteiger partial charge in [0.05, 0.1) is 13.2 Å². The van der Waals surface area contributed by atoms with Gasteiger partial charge < -0.3 is 10.1 Å². The largest absolute Gasteiger partial charge is 0.465 e. The van der Waals surface area contributed by atoms with Crippen LogP contribution >= 0.6 is 12.4 Å². The van der Waals surface area contributed by atoms with Gasteiger partial charge in [-0.25, -0.2) is 4.79 Å². The van der Waals surface area contributed by atoms with Crippen molar-refractivity contribution in [1.29, 1.82) is 0 Å². The summed E-state index contributed by atoms with van der Waals surface area (Å²) >= 11 is 0. The van der Waals surface area contributed by atoms with E-state index in [1.54, 1.807) is 13.8 Å². The molecule has 8 nitrogen and oxygen atoms in total. The lowest BCUT2D eigenvalue weighted by Gasteiger charge is -2.32. The molecular formula is C12H20ClN3O5. The molecule has 21 heavy (non-hydrogen) atoms. The minimum absolute atomic E-state index is 0. The molecule has 0 saturated carbocycles. The first kappa shape index (κ1) is 19.3. The standard InChI is InChI=1S/C12H19N3O5.ClH/c1-3-12(5-6-13-7-8(16)20-4-2)9(17)14-11(19)15-10(12)18;/h13H,3-7H2,1-2H3,(H2,14,15,17,18,19);1H. The summed E-state index contributed by atoms with van der Waals surface area (Å²) in [4.78, 5) is 45.9. The zero-order valence-corrected chi connectivity index (χ0v) is 12.8. The summed E-state index contributed by atoms with van der Waals surface area (Å²) in [6, 6.07) is -0.802. The van der Waals surface area contributed by atoms with Crippen LogP contribution in [0.1, 0.15) is 26.7 Å². The Kier molecular flexibility index (Phi) is 7.90. The summed E-state index contributed by atoms with van der Waals surface area (Å²) < 4.78 is 4.74. The Morgan fingerprint density at radius 3 is 2.24 bits per heavy atom. The number of barbiturate groups is 1. The molecular weight excluding hydrogens is 302 g/mol. The highest BCUT2D eigenvalue weighted by atomic mass is 35.5. The van der Waals surface area contributed by atoms with Gasteiger partial charge in [-0.05, 0) is 26.3 Å². The van der Waals surface area contributed by atoms with Gasteiger partial charge in [0.15, 0.2) is 0 Å². The first-order valence-corrected chi connectivity index (χ1v) is 6.49. The molecule has 120 valence electrons. The number of rotatable bonds is 7. The number of amides is 4. The van der Waals surface area contributed by atoms with Crippen molar-refractivity contribution in [3.63, 3.8) is 0 Å². The topological polar surface area (TPSA) is 114 Å². The Morgan fingerprint density at radius 2 is 1.76 bits per heavy atom. The molecule has 1 saturated heterocycles. The zero-order valence-electron chi connectivity index (χ0n) is 12.0. The van der Waals surface area contributed by atoms with Crippen LogP contribution in [0.5, 0.6) is 0 Å². The van der Waals surface area contributed by atoms with Crippen molar-refractivity contribution >= 4 is 36.2 Å². The molecule has 0 atom stereocenters. The number of halogens is 1. The number of hydrogen-bond donors (Lipinski definition) is 3. The van der Waals surface area contributed by atoms with Crippen molar-refractivity contribution in [3.8, 4) is 0 Å². The number of imide groups is 2. The molecule has 0 aromatic rings. The lowest BCUT2D eigenvalue weighted by molar-refractivity contribution is -0.145. The lowest BCUT2D eigenvalue weighted by atomic mass is 9.78. The van der Waals surface area contributed by atoms with E-state index in [1.165, 1.54) is 0 Å². The zero-order chi connectivity index (χ0) is 15.2. The molecule has 0 aromatic heterocycles. The van der Waals surface area contributed by atoms with E-state index in [-0.39, 0.29) is 38.3 Å². The molecule has 3 N–H and O–H groups in total. The predicted molar refractivity (Wildman–Crippen MR) is 75.8 cm³/mol. The fourth-order valence-corrected chi connectivity index (χ4v) is 2.01. The molecule has 9 heteroatoms. The van der Waals surface area contributed by atoms with Crippen LogP contribution in [0, 0.1) is 5.41 Å². The Balaban J connectivity index is 0.00000400. The third-order valence-electron chi connectivity index (χ3n) is 3.23. The molecule has 1 rings (SSSR count). The summed E-state index contributed by atoms with van der Waals surface area (Å²) in [5, 5.41) is 6.99. The number of urea groups is 1. The van der Waals surface area contributed by atoms with Gasteiger partial charge in [0, 0.05) is 0 Å². The summed E-state index contributed by atoms with van der Waals surface area (Å²) in [5.41, 5.74) is -1.28. The molecule has 1 fully saturated rings. The van der Waals surface area contributed by atoms with E-state index < -0.39 is 29.2 Å². The molecule has 0 aromatic carbocycles. The molecule has 4 amide bonds. The maximum absolute atomic E-state index is 11.9. The van der Waals surface area contributed by atoms with E-state index in [9.17, 15) is 19.2 Å². The maximum Gasteiger partial charge on any atom is 0.328 e. The quantitative estimate of drug-likeness (QED) is 0.337. The molecule has 1 aliphatic heterocycles. The minimum Gasteiger partial charge on any atom is -0.465 e. The predicted octanol–water partition coefficient (Wildman–Crippen LogP) is -0.287. The van der Waals surface area contributed by atoms with Crippen LogP contribution < -0.4 is 16.0 Å². The second kappa shape index (κ2) is 8.58. The van der Waals surface area contributed by atoms with Crippen LogP contribution in [0.2, 0.25) is 0 Å². The van der Waals surface area contributed by atoms with Crippen molar-refractivity contribution in [2.75, 3.05) is 19.7 Å². The first-order chi connectivity index (χ1) is 9.46. The highest BCUT2D eigenvalue weighted by molar-refractivity contribution is 6.19. The number of hydrogen-bond acceptors (Lipinski definition) is 6. The summed E-state index contributed by atoms with van der Waals surface area (Å²) in [5.74, 6) is -1.61. The van der Waals surface area contributed by atoms with Crippen LogP contribution in [0.3, 0.4) is 0 Å². The second-order valence-electron chi connectivity index (χ2n) is 4.40. The van der Waals surface area contributed by atoms with E-state index in [4.69, 9.17) is 4.74 Å².